The molecule has 0 fully saturated rings. The van der Waals surface area contributed by atoms with Crippen molar-refractivity contribution >= 4 is 15.9 Å². The largest absolute Gasteiger partial charge is 0.504 e. The van der Waals surface area contributed by atoms with Crippen molar-refractivity contribution in [2.75, 3.05) is 7.11 Å². The van der Waals surface area contributed by atoms with Crippen LogP contribution < -0.4 is 9.47 Å². The molecule has 0 bridgehead atoms. The molecule has 2 aromatic carbocycles. The summed E-state index contributed by atoms with van der Waals surface area (Å²) in [6.07, 6.45) is 0. The van der Waals surface area contributed by atoms with Crippen LogP contribution in [0.2, 0.25) is 0 Å². The molecular weight excluding hydrogens is 296 g/mol. The van der Waals surface area contributed by atoms with Crippen LogP contribution in [-0.2, 0) is 6.61 Å². The van der Waals surface area contributed by atoms with Gasteiger partial charge in [0.05, 0.1) is 11.6 Å². The first-order valence-electron chi connectivity index (χ1n) is 5.44. The minimum absolute atomic E-state index is 0.0509. The molecule has 0 spiro atoms. The highest BCUT2D eigenvalue weighted by Gasteiger charge is 2.09. The Morgan fingerprint density at radius 1 is 1.17 bits per heavy atom. The average molecular weight is 309 g/mol. The first-order chi connectivity index (χ1) is 8.70. The number of hydrogen-bond acceptors (Lipinski definition) is 3. The van der Waals surface area contributed by atoms with Crippen molar-refractivity contribution in [3.63, 3.8) is 0 Å². The molecule has 0 radical (unpaired) electrons. The third kappa shape index (κ3) is 2.96. The summed E-state index contributed by atoms with van der Waals surface area (Å²) in [5, 5.41) is 9.73. The summed E-state index contributed by atoms with van der Waals surface area (Å²) in [4.78, 5) is 0. The first kappa shape index (κ1) is 12.8. The van der Waals surface area contributed by atoms with E-state index >= 15 is 0 Å². The highest BCUT2D eigenvalue weighted by molar-refractivity contribution is 9.10. The van der Waals surface area contributed by atoms with E-state index < -0.39 is 0 Å². The standard InChI is InChI=1S/C14H13BrO3/c1-17-14-12(15)7-11(8-13(14)16)18-9-10-5-3-2-4-6-10/h2-8,16H,9H2,1H3. The van der Waals surface area contributed by atoms with Gasteiger partial charge in [0.25, 0.3) is 0 Å². The smallest absolute Gasteiger partial charge is 0.174 e. The van der Waals surface area contributed by atoms with Gasteiger partial charge in [0.2, 0.25) is 0 Å². The SMILES string of the molecule is COc1c(O)cc(OCc2ccccc2)cc1Br. The van der Waals surface area contributed by atoms with E-state index in [9.17, 15) is 5.11 Å². The Kier molecular flexibility index (Phi) is 4.10. The lowest BCUT2D eigenvalue weighted by Crippen LogP contribution is -1.95. The van der Waals surface area contributed by atoms with Gasteiger partial charge >= 0.3 is 0 Å². The topological polar surface area (TPSA) is 38.7 Å². The summed E-state index contributed by atoms with van der Waals surface area (Å²) in [6.45, 7) is 0.457. The van der Waals surface area contributed by atoms with Crippen LogP contribution in [0.15, 0.2) is 46.9 Å². The summed E-state index contributed by atoms with van der Waals surface area (Å²) in [5.41, 5.74) is 1.07. The second-order valence-electron chi connectivity index (χ2n) is 3.73. The van der Waals surface area contributed by atoms with E-state index in [1.807, 2.05) is 30.3 Å². The van der Waals surface area contributed by atoms with Gasteiger partial charge in [-0.15, -0.1) is 0 Å². The Labute approximate surface area is 114 Å². The lowest BCUT2D eigenvalue weighted by Gasteiger charge is -2.10. The van der Waals surface area contributed by atoms with Gasteiger partial charge in [-0.1, -0.05) is 30.3 Å². The number of hydrogen-bond donors (Lipinski definition) is 1. The Hall–Kier alpha value is -1.68. The molecule has 0 aliphatic heterocycles. The molecule has 94 valence electrons. The van der Waals surface area contributed by atoms with Crippen molar-refractivity contribution in [3.8, 4) is 17.2 Å². The molecule has 2 aromatic rings. The fourth-order valence-corrected chi connectivity index (χ4v) is 2.17. The zero-order valence-electron chi connectivity index (χ0n) is 9.89. The molecule has 0 atom stereocenters. The Morgan fingerprint density at radius 3 is 2.50 bits per heavy atom. The second kappa shape index (κ2) is 5.78. The zero-order chi connectivity index (χ0) is 13.0. The minimum atomic E-state index is 0.0509. The number of halogens is 1. The van der Waals surface area contributed by atoms with E-state index in [0.29, 0.717) is 22.6 Å². The van der Waals surface area contributed by atoms with Crippen molar-refractivity contribution in [1.82, 2.24) is 0 Å². The molecular formula is C14H13BrO3. The highest BCUT2D eigenvalue weighted by Crippen LogP contribution is 2.38. The van der Waals surface area contributed by atoms with Gasteiger partial charge in [-0.3, -0.25) is 0 Å². The third-order valence-electron chi connectivity index (χ3n) is 2.45. The van der Waals surface area contributed by atoms with Gasteiger partial charge in [0.1, 0.15) is 12.4 Å². The molecule has 0 saturated heterocycles. The number of phenols is 1. The van der Waals surface area contributed by atoms with Crippen molar-refractivity contribution in [2.45, 2.75) is 6.61 Å². The zero-order valence-corrected chi connectivity index (χ0v) is 11.5. The normalized spacial score (nSPS) is 10.1. The van der Waals surface area contributed by atoms with Crippen molar-refractivity contribution in [3.05, 3.63) is 52.5 Å². The molecule has 0 aliphatic carbocycles. The maximum absolute atomic E-state index is 9.73. The van der Waals surface area contributed by atoms with Gasteiger partial charge in [-0.2, -0.15) is 0 Å². The quantitative estimate of drug-likeness (QED) is 0.935. The Bertz CT molecular complexity index is 503. The lowest BCUT2D eigenvalue weighted by atomic mass is 10.2. The Morgan fingerprint density at radius 2 is 1.89 bits per heavy atom. The molecule has 1 N–H and O–H groups in total. The van der Waals surface area contributed by atoms with Crippen LogP contribution in [0.3, 0.4) is 0 Å². The van der Waals surface area contributed by atoms with E-state index in [0.717, 1.165) is 5.56 Å². The summed E-state index contributed by atoms with van der Waals surface area (Å²) < 4.78 is 11.3. The number of aromatic hydroxyl groups is 1. The first-order valence-corrected chi connectivity index (χ1v) is 6.23. The molecule has 0 aromatic heterocycles. The van der Waals surface area contributed by atoms with E-state index in [1.165, 1.54) is 13.2 Å². The molecule has 3 nitrogen and oxygen atoms in total. The molecule has 4 heteroatoms. The third-order valence-corrected chi connectivity index (χ3v) is 3.04. The van der Waals surface area contributed by atoms with E-state index in [1.54, 1.807) is 6.07 Å². The maximum Gasteiger partial charge on any atom is 0.174 e. The van der Waals surface area contributed by atoms with Crippen molar-refractivity contribution in [1.29, 1.82) is 0 Å². The maximum atomic E-state index is 9.73. The second-order valence-corrected chi connectivity index (χ2v) is 4.59. The van der Waals surface area contributed by atoms with Gasteiger partial charge < -0.3 is 14.6 Å². The predicted molar refractivity (Wildman–Crippen MR) is 73.1 cm³/mol. The van der Waals surface area contributed by atoms with Gasteiger partial charge in [0.15, 0.2) is 11.5 Å². The molecule has 2 rings (SSSR count). The van der Waals surface area contributed by atoms with Crippen LogP contribution in [0, 0.1) is 0 Å². The number of ether oxygens (including phenoxy) is 2. The summed E-state index contributed by atoms with van der Waals surface area (Å²) >= 11 is 3.32. The predicted octanol–water partition coefficient (Wildman–Crippen LogP) is 3.74. The fraction of sp³-hybridized carbons (Fsp3) is 0.143. The van der Waals surface area contributed by atoms with E-state index in [2.05, 4.69) is 15.9 Å². The van der Waals surface area contributed by atoms with Crippen LogP contribution >= 0.6 is 15.9 Å². The molecule has 0 saturated carbocycles. The average Bonchev–Trinajstić information content (AvgIpc) is 2.37. The summed E-state index contributed by atoms with van der Waals surface area (Å²) in [7, 11) is 1.50. The van der Waals surface area contributed by atoms with E-state index in [4.69, 9.17) is 9.47 Å². The Balaban J connectivity index is 2.11. The minimum Gasteiger partial charge on any atom is -0.504 e. The monoisotopic (exact) mass is 308 g/mol. The van der Waals surface area contributed by atoms with Crippen LogP contribution in [-0.4, -0.2) is 12.2 Å². The molecule has 18 heavy (non-hydrogen) atoms. The van der Waals surface area contributed by atoms with Crippen LogP contribution in [0.5, 0.6) is 17.2 Å². The van der Waals surface area contributed by atoms with Crippen molar-refractivity contribution < 1.29 is 14.6 Å². The summed E-state index contributed by atoms with van der Waals surface area (Å²) in [5.74, 6) is 1.04. The summed E-state index contributed by atoms with van der Waals surface area (Å²) in [6, 6.07) is 13.1. The highest BCUT2D eigenvalue weighted by atomic mass is 79.9. The van der Waals surface area contributed by atoms with Crippen LogP contribution in [0.25, 0.3) is 0 Å². The van der Waals surface area contributed by atoms with Crippen LogP contribution in [0.4, 0.5) is 0 Å². The van der Waals surface area contributed by atoms with Crippen molar-refractivity contribution in [2.24, 2.45) is 0 Å². The molecule has 0 aliphatic rings. The van der Waals surface area contributed by atoms with Gasteiger partial charge in [-0.25, -0.2) is 0 Å². The number of benzene rings is 2. The number of phenolic OH excluding ortho intramolecular Hbond substituents is 1. The lowest BCUT2D eigenvalue weighted by molar-refractivity contribution is 0.301. The van der Waals surface area contributed by atoms with Gasteiger partial charge in [-0.05, 0) is 27.6 Å². The molecule has 0 unspecified atom stereocenters. The molecule has 0 amide bonds. The van der Waals surface area contributed by atoms with E-state index in [-0.39, 0.29) is 5.75 Å². The fourth-order valence-electron chi connectivity index (χ4n) is 1.58. The van der Waals surface area contributed by atoms with Gasteiger partial charge in [0, 0.05) is 6.07 Å². The van der Waals surface area contributed by atoms with Crippen LogP contribution in [0.1, 0.15) is 5.56 Å². The molecule has 0 heterocycles. The number of rotatable bonds is 4. The number of methoxy groups -OCH3 is 1.